The molecule has 0 bridgehead atoms. The van der Waals surface area contributed by atoms with Crippen LogP contribution in [-0.4, -0.2) is 41.9 Å². The minimum absolute atomic E-state index is 0.000107. The van der Waals surface area contributed by atoms with Gasteiger partial charge in [0.2, 0.25) is 7.37 Å². The highest BCUT2D eigenvalue weighted by atomic mass is 31.2. The molecule has 0 fully saturated rings. The third-order valence-corrected chi connectivity index (χ3v) is 5.53. The molecule has 0 saturated heterocycles. The molecule has 0 amide bonds. The molecule has 144 valence electrons. The van der Waals surface area contributed by atoms with Gasteiger partial charge in [-0.25, -0.2) is 0 Å². The number of carbonyl (C=O) groups excluding carboxylic acids is 2. The number of ketones is 2. The van der Waals surface area contributed by atoms with Crippen LogP contribution < -0.4 is 10.6 Å². The number of rotatable bonds is 12. The van der Waals surface area contributed by atoms with Gasteiger partial charge in [-0.05, 0) is 11.1 Å². The molecule has 0 aliphatic heterocycles. The maximum absolute atomic E-state index is 12.2. The molecule has 0 aliphatic rings. The van der Waals surface area contributed by atoms with Crippen LogP contribution in [0.4, 0.5) is 0 Å². The summed E-state index contributed by atoms with van der Waals surface area (Å²) in [6.45, 7) is 1.01. The Labute approximate surface area is 159 Å². The topological polar surface area (TPSA) is 95.5 Å². The maximum atomic E-state index is 12.2. The largest absolute Gasteiger partial charge is 0.344 e. The van der Waals surface area contributed by atoms with Crippen LogP contribution in [0.25, 0.3) is 0 Å². The van der Waals surface area contributed by atoms with Crippen molar-refractivity contribution in [2.75, 3.05) is 25.4 Å². The first-order valence-corrected chi connectivity index (χ1v) is 10.8. The highest BCUT2D eigenvalue weighted by Gasteiger charge is 2.25. The van der Waals surface area contributed by atoms with Crippen LogP contribution in [0, 0.1) is 0 Å². The summed E-state index contributed by atoms with van der Waals surface area (Å²) in [5.41, 5.74) is 2.05. The van der Waals surface area contributed by atoms with Gasteiger partial charge in [-0.1, -0.05) is 60.7 Å². The highest BCUT2D eigenvalue weighted by Crippen LogP contribution is 2.39. The maximum Gasteiger partial charge on any atom is 0.215 e. The molecule has 0 atom stereocenters. The Morgan fingerprint density at radius 3 is 1.48 bits per heavy atom. The van der Waals surface area contributed by atoms with Crippen LogP contribution in [0.15, 0.2) is 60.7 Å². The quantitative estimate of drug-likeness (QED) is 0.481. The van der Waals surface area contributed by atoms with Crippen LogP contribution in [-0.2, 0) is 27.2 Å². The van der Waals surface area contributed by atoms with E-state index in [2.05, 4.69) is 10.6 Å². The Morgan fingerprint density at radius 1 is 0.741 bits per heavy atom. The van der Waals surface area contributed by atoms with E-state index in [9.17, 15) is 19.0 Å². The minimum atomic E-state index is -3.81. The molecule has 0 unspecified atom stereocenters. The number of hydrogen-bond donors (Lipinski definition) is 3. The summed E-state index contributed by atoms with van der Waals surface area (Å²) in [4.78, 5) is 33.8. The van der Waals surface area contributed by atoms with E-state index in [-0.39, 0.29) is 24.7 Å². The molecule has 3 N–H and O–H groups in total. The second kappa shape index (κ2) is 10.9. The standard InChI is InChI=1S/C20H25N2O4P/c23-19(13-21-11-17-7-3-1-4-8-17)15-27(25,26)16-20(24)14-22-12-18-9-5-2-6-10-18/h1-10,21-22H,11-16H2,(H,25,26). The first kappa shape index (κ1) is 21.2. The van der Waals surface area contributed by atoms with E-state index < -0.39 is 19.7 Å². The zero-order chi connectivity index (χ0) is 19.5. The average molecular weight is 388 g/mol. The van der Waals surface area contributed by atoms with Crippen LogP contribution in [0.3, 0.4) is 0 Å². The normalized spacial score (nSPS) is 11.3. The Hall–Kier alpha value is -2.11. The summed E-state index contributed by atoms with van der Waals surface area (Å²) in [6, 6.07) is 19.1. The first-order valence-electron chi connectivity index (χ1n) is 8.78. The van der Waals surface area contributed by atoms with E-state index in [4.69, 9.17) is 0 Å². The fourth-order valence-corrected chi connectivity index (χ4v) is 4.04. The molecular formula is C20H25N2O4P. The van der Waals surface area contributed by atoms with E-state index in [1.807, 2.05) is 60.7 Å². The molecule has 0 heterocycles. The second-order valence-electron chi connectivity index (χ2n) is 6.42. The molecule has 0 saturated carbocycles. The summed E-state index contributed by atoms with van der Waals surface area (Å²) in [6.07, 6.45) is -0.974. The lowest BCUT2D eigenvalue weighted by Gasteiger charge is -2.11. The molecule has 2 aromatic carbocycles. The van der Waals surface area contributed by atoms with Crippen molar-refractivity contribution in [1.29, 1.82) is 0 Å². The van der Waals surface area contributed by atoms with Crippen LogP contribution >= 0.6 is 7.37 Å². The van der Waals surface area contributed by atoms with Gasteiger partial charge in [-0.15, -0.1) is 0 Å². The number of hydrogen-bond acceptors (Lipinski definition) is 5. The molecule has 0 aromatic heterocycles. The monoisotopic (exact) mass is 388 g/mol. The van der Waals surface area contributed by atoms with Crippen molar-refractivity contribution in [2.45, 2.75) is 13.1 Å². The Bertz CT molecular complexity index is 718. The number of nitrogens with one attached hydrogen (secondary N) is 2. The number of Topliss-reactive ketones (excluding diaryl/α,β-unsaturated/α-hetero) is 2. The predicted molar refractivity (Wildman–Crippen MR) is 106 cm³/mol. The van der Waals surface area contributed by atoms with Gasteiger partial charge < -0.3 is 15.5 Å². The van der Waals surface area contributed by atoms with Gasteiger partial charge in [-0.2, -0.15) is 0 Å². The summed E-state index contributed by atoms with van der Waals surface area (Å²) in [5, 5.41) is 5.90. The van der Waals surface area contributed by atoms with E-state index >= 15 is 0 Å². The molecule has 2 aromatic rings. The molecule has 27 heavy (non-hydrogen) atoms. The van der Waals surface area contributed by atoms with Gasteiger partial charge in [-0.3, -0.25) is 14.2 Å². The Kier molecular flexibility index (Phi) is 8.55. The molecule has 0 spiro atoms. The lowest BCUT2D eigenvalue weighted by atomic mass is 10.2. The summed E-state index contributed by atoms with van der Waals surface area (Å²) < 4.78 is 12.2. The van der Waals surface area contributed by atoms with Gasteiger partial charge >= 0.3 is 0 Å². The highest BCUT2D eigenvalue weighted by molar-refractivity contribution is 7.59. The second-order valence-corrected chi connectivity index (χ2v) is 8.74. The minimum Gasteiger partial charge on any atom is -0.344 e. The van der Waals surface area contributed by atoms with Crippen molar-refractivity contribution >= 4 is 18.9 Å². The lowest BCUT2D eigenvalue weighted by molar-refractivity contribution is -0.116. The smallest absolute Gasteiger partial charge is 0.215 e. The zero-order valence-corrected chi connectivity index (χ0v) is 16.0. The SMILES string of the molecule is O=C(CNCc1ccccc1)CP(=O)(O)CC(=O)CNCc1ccccc1. The van der Waals surface area contributed by atoms with E-state index in [0.29, 0.717) is 13.1 Å². The van der Waals surface area contributed by atoms with E-state index in [1.54, 1.807) is 0 Å². The summed E-state index contributed by atoms with van der Waals surface area (Å²) in [5.74, 6) is -0.747. The number of benzene rings is 2. The van der Waals surface area contributed by atoms with Crippen LogP contribution in [0.5, 0.6) is 0 Å². The van der Waals surface area contributed by atoms with E-state index in [1.165, 1.54) is 0 Å². The molecule has 6 nitrogen and oxygen atoms in total. The zero-order valence-electron chi connectivity index (χ0n) is 15.1. The molecule has 7 heteroatoms. The third-order valence-electron chi connectivity index (χ3n) is 3.84. The molecular weight excluding hydrogens is 363 g/mol. The van der Waals surface area contributed by atoms with Gasteiger partial charge in [0.1, 0.15) is 0 Å². The van der Waals surface area contributed by atoms with Crippen molar-refractivity contribution in [3.05, 3.63) is 71.8 Å². The Balaban J connectivity index is 1.66. The van der Waals surface area contributed by atoms with Crippen molar-refractivity contribution in [3.8, 4) is 0 Å². The number of carbonyl (C=O) groups is 2. The summed E-state index contributed by atoms with van der Waals surface area (Å²) in [7, 11) is -3.81. The van der Waals surface area contributed by atoms with Gasteiger partial charge in [0.15, 0.2) is 11.6 Å². The van der Waals surface area contributed by atoms with Gasteiger partial charge in [0.25, 0.3) is 0 Å². The van der Waals surface area contributed by atoms with Crippen molar-refractivity contribution in [2.24, 2.45) is 0 Å². The first-order chi connectivity index (χ1) is 12.9. The molecule has 2 rings (SSSR count). The van der Waals surface area contributed by atoms with Gasteiger partial charge in [0, 0.05) is 13.1 Å². The van der Waals surface area contributed by atoms with E-state index in [0.717, 1.165) is 11.1 Å². The summed E-state index contributed by atoms with van der Waals surface area (Å²) >= 11 is 0. The van der Waals surface area contributed by atoms with Crippen molar-refractivity contribution < 1.29 is 19.0 Å². The van der Waals surface area contributed by atoms with Crippen LogP contribution in [0.1, 0.15) is 11.1 Å². The van der Waals surface area contributed by atoms with Crippen molar-refractivity contribution in [1.82, 2.24) is 10.6 Å². The van der Waals surface area contributed by atoms with Crippen LogP contribution in [0.2, 0.25) is 0 Å². The van der Waals surface area contributed by atoms with Crippen molar-refractivity contribution in [3.63, 3.8) is 0 Å². The predicted octanol–water partition coefficient (Wildman–Crippen LogP) is 1.97. The fourth-order valence-electron chi connectivity index (χ4n) is 2.60. The molecule has 0 aliphatic carbocycles. The fraction of sp³-hybridized carbons (Fsp3) is 0.300. The van der Waals surface area contributed by atoms with Gasteiger partial charge in [0.05, 0.1) is 25.4 Å². The third kappa shape index (κ3) is 8.89. The Morgan fingerprint density at radius 2 is 1.11 bits per heavy atom. The average Bonchev–Trinajstić information content (AvgIpc) is 2.62. The molecule has 0 radical (unpaired) electrons. The lowest BCUT2D eigenvalue weighted by Crippen LogP contribution is -2.28.